The van der Waals surface area contributed by atoms with Gasteiger partial charge in [-0.3, -0.25) is 24.9 Å². The highest BCUT2D eigenvalue weighted by Gasteiger charge is 2.54. The van der Waals surface area contributed by atoms with Crippen molar-refractivity contribution in [2.75, 3.05) is 6.61 Å². The van der Waals surface area contributed by atoms with Gasteiger partial charge in [-0.1, -0.05) is 22.6 Å². The second kappa shape index (κ2) is 10.9. The van der Waals surface area contributed by atoms with Crippen LogP contribution in [0.3, 0.4) is 0 Å². The number of amides is 1. The number of carboxylic acids is 1. The first-order chi connectivity index (χ1) is 13.8. The third-order valence-corrected chi connectivity index (χ3v) is 5.60. The smallest absolute Gasteiger partial charge is 0.351 e. The fraction of sp³-hybridized carbons (Fsp3) is 0.706. The van der Waals surface area contributed by atoms with Crippen LogP contribution in [0.25, 0.3) is 0 Å². The van der Waals surface area contributed by atoms with E-state index in [0.717, 1.165) is 20.8 Å². The monoisotopic (exact) mass is 544 g/mol. The largest absolute Gasteiger partial charge is 0.478 e. The molecule has 1 amide bonds. The van der Waals surface area contributed by atoms with E-state index in [2.05, 4.69) is 5.32 Å². The van der Waals surface area contributed by atoms with Crippen molar-refractivity contribution in [2.45, 2.75) is 68.1 Å². The molecule has 0 spiro atoms. The first kappa shape index (κ1) is 26.0. The lowest BCUT2D eigenvalue weighted by Crippen LogP contribution is -2.69. The van der Waals surface area contributed by atoms with Gasteiger partial charge in [-0.15, -0.1) is 0 Å². The molecule has 1 heterocycles. The molecular weight excluding hydrogens is 519 g/mol. The molecule has 30 heavy (non-hydrogen) atoms. The minimum atomic E-state index is -2.24. The van der Waals surface area contributed by atoms with Gasteiger partial charge in [0.15, 0.2) is 6.10 Å². The number of nitrogens with one attached hydrogen (secondary N) is 1. The van der Waals surface area contributed by atoms with E-state index < -0.39 is 70.2 Å². The molecule has 0 aromatic heterocycles. The maximum absolute atomic E-state index is 11.8. The Hall–Kier alpha value is -2.00. The van der Waals surface area contributed by atoms with Gasteiger partial charge < -0.3 is 29.4 Å². The Bertz CT molecular complexity index is 702. The maximum Gasteiger partial charge on any atom is 0.351 e. The molecule has 0 saturated carbocycles. The van der Waals surface area contributed by atoms with Crippen molar-refractivity contribution in [2.24, 2.45) is 5.73 Å². The van der Waals surface area contributed by atoms with Crippen molar-refractivity contribution in [1.82, 2.24) is 5.32 Å². The highest BCUT2D eigenvalue weighted by atomic mass is 127. The Balaban J connectivity index is 3.35. The van der Waals surface area contributed by atoms with E-state index in [0.29, 0.717) is 0 Å². The van der Waals surface area contributed by atoms with Gasteiger partial charge >= 0.3 is 23.9 Å². The zero-order valence-electron chi connectivity index (χ0n) is 16.9. The zero-order chi connectivity index (χ0) is 23.2. The van der Waals surface area contributed by atoms with Crippen LogP contribution in [0.2, 0.25) is 0 Å². The Morgan fingerprint density at radius 1 is 1.17 bits per heavy atom. The highest BCUT2D eigenvalue weighted by Crippen LogP contribution is 2.34. The standard InChI is InChI=1S/C17H25IN2O10/c1-7(21)20-14-11(28-9(3)23)5-17(19,16(25)26)30-15(14)13(18)12(29-10(4)24)6-27-8(2)22/h11-15H,5-6,19H2,1-4H3,(H,20,21)(H,25,26)/t11-,12?,13?,14-,15?,17-/m1/s1. The van der Waals surface area contributed by atoms with Crippen LogP contribution in [0.5, 0.6) is 0 Å². The molecule has 0 bridgehead atoms. The Morgan fingerprint density at radius 2 is 1.77 bits per heavy atom. The summed E-state index contributed by atoms with van der Waals surface area (Å²) in [5.74, 6) is -4.05. The molecule has 1 saturated heterocycles. The molecule has 1 aliphatic rings. The molecule has 1 rings (SSSR count). The van der Waals surface area contributed by atoms with Crippen LogP contribution in [0.1, 0.15) is 34.1 Å². The molecule has 0 radical (unpaired) electrons. The molecule has 6 atom stereocenters. The first-order valence-electron chi connectivity index (χ1n) is 8.86. The summed E-state index contributed by atoms with van der Waals surface area (Å²) in [6.45, 7) is 4.30. The van der Waals surface area contributed by atoms with Crippen LogP contribution in [0.4, 0.5) is 0 Å². The predicted octanol–water partition coefficient (Wildman–Crippen LogP) is -0.750. The predicted molar refractivity (Wildman–Crippen MR) is 107 cm³/mol. The summed E-state index contributed by atoms with van der Waals surface area (Å²) in [6.07, 6.45) is -3.83. The number of rotatable bonds is 8. The Morgan fingerprint density at radius 3 is 2.20 bits per heavy atom. The molecule has 1 fully saturated rings. The average molecular weight is 544 g/mol. The molecular formula is C17H25IN2O10. The minimum absolute atomic E-state index is 0.349. The van der Waals surface area contributed by atoms with Crippen molar-refractivity contribution in [1.29, 1.82) is 0 Å². The summed E-state index contributed by atoms with van der Waals surface area (Å²) < 4.78 is 20.1. The van der Waals surface area contributed by atoms with Crippen molar-refractivity contribution < 1.29 is 48.0 Å². The van der Waals surface area contributed by atoms with Crippen LogP contribution >= 0.6 is 22.6 Å². The fourth-order valence-corrected chi connectivity index (χ4v) is 3.90. The van der Waals surface area contributed by atoms with Gasteiger partial charge in [-0.05, 0) is 0 Å². The quantitative estimate of drug-likeness (QED) is 0.151. The number of ether oxygens (including phenoxy) is 4. The van der Waals surface area contributed by atoms with Gasteiger partial charge in [0.2, 0.25) is 11.6 Å². The van der Waals surface area contributed by atoms with Gasteiger partial charge in [0.25, 0.3) is 0 Å². The number of aliphatic carboxylic acids is 1. The van der Waals surface area contributed by atoms with E-state index in [-0.39, 0.29) is 6.61 Å². The Kier molecular flexibility index (Phi) is 9.42. The number of nitrogens with two attached hydrogens (primary N) is 1. The van der Waals surface area contributed by atoms with E-state index in [1.165, 1.54) is 6.92 Å². The maximum atomic E-state index is 11.8. The minimum Gasteiger partial charge on any atom is -0.478 e. The van der Waals surface area contributed by atoms with Crippen molar-refractivity contribution >= 4 is 52.4 Å². The summed E-state index contributed by atoms with van der Waals surface area (Å²) >= 11 is 1.81. The van der Waals surface area contributed by atoms with Gasteiger partial charge in [0.1, 0.15) is 12.7 Å². The normalized spacial score (nSPS) is 27.9. The number of halogens is 1. The highest BCUT2D eigenvalue weighted by molar-refractivity contribution is 14.1. The second-order valence-corrected chi connectivity index (χ2v) is 8.19. The van der Waals surface area contributed by atoms with Crippen molar-refractivity contribution in [3.63, 3.8) is 0 Å². The summed E-state index contributed by atoms with van der Waals surface area (Å²) in [6, 6.07) is -1.01. The summed E-state index contributed by atoms with van der Waals surface area (Å²) in [5, 5.41) is 12.1. The van der Waals surface area contributed by atoms with Gasteiger partial charge in [0, 0.05) is 34.1 Å². The lowest BCUT2D eigenvalue weighted by atomic mass is 9.89. The molecule has 4 N–H and O–H groups in total. The van der Waals surface area contributed by atoms with Crippen LogP contribution < -0.4 is 11.1 Å². The van der Waals surface area contributed by atoms with E-state index >= 15 is 0 Å². The number of hydrogen-bond acceptors (Lipinski definition) is 10. The van der Waals surface area contributed by atoms with Gasteiger partial charge in [-0.2, -0.15) is 0 Å². The number of hydrogen-bond donors (Lipinski definition) is 3. The van der Waals surface area contributed by atoms with Gasteiger partial charge in [0.05, 0.1) is 16.1 Å². The second-order valence-electron chi connectivity index (χ2n) is 6.75. The van der Waals surface area contributed by atoms with Crippen molar-refractivity contribution in [3.05, 3.63) is 0 Å². The van der Waals surface area contributed by atoms with Crippen LogP contribution in [-0.4, -0.2) is 75.5 Å². The average Bonchev–Trinajstić information content (AvgIpc) is 2.58. The van der Waals surface area contributed by atoms with Gasteiger partial charge in [-0.25, -0.2) is 4.79 Å². The lowest BCUT2D eigenvalue weighted by Gasteiger charge is -2.46. The SMILES string of the molecule is CC(=O)N[C@H]1C(C(I)C(COC(C)=O)OC(C)=O)O[C@@](N)(C(=O)O)C[C@H]1OC(C)=O. The molecule has 1 aliphatic heterocycles. The molecule has 3 unspecified atom stereocenters. The first-order valence-corrected chi connectivity index (χ1v) is 10.1. The van der Waals surface area contributed by atoms with E-state index in [1.54, 1.807) is 0 Å². The third-order valence-electron chi connectivity index (χ3n) is 4.09. The van der Waals surface area contributed by atoms with Crippen LogP contribution in [-0.2, 0) is 42.9 Å². The molecule has 0 aromatic rings. The summed E-state index contributed by atoms with van der Waals surface area (Å²) in [7, 11) is 0. The number of alkyl halides is 1. The third kappa shape index (κ3) is 7.36. The molecule has 13 heteroatoms. The van der Waals surface area contributed by atoms with E-state index in [1.807, 2.05) is 22.6 Å². The van der Waals surface area contributed by atoms with Crippen molar-refractivity contribution in [3.8, 4) is 0 Å². The number of carboxylic acid groups (broad SMARTS) is 1. The van der Waals surface area contributed by atoms with E-state index in [4.69, 9.17) is 24.7 Å². The lowest BCUT2D eigenvalue weighted by molar-refractivity contribution is -0.212. The fourth-order valence-electron chi connectivity index (χ4n) is 2.96. The molecule has 170 valence electrons. The summed E-state index contributed by atoms with van der Waals surface area (Å²) in [4.78, 5) is 57.8. The number of carbonyl (C=O) groups is 5. The number of carbonyl (C=O) groups excluding carboxylic acids is 4. The van der Waals surface area contributed by atoms with Crippen LogP contribution in [0, 0.1) is 0 Å². The topological polar surface area (TPSA) is 181 Å². The summed E-state index contributed by atoms with van der Waals surface area (Å²) in [5.41, 5.74) is 3.65. The molecule has 0 aliphatic carbocycles. The van der Waals surface area contributed by atoms with Crippen LogP contribution in [0.15, 0.2) is 0 Å². The molecule has 12 nitrogen and oxygen atoms in total. The zero-order valence-corrected chi connectivity index (χ0v) is 19.0. The molecule has 0 aromatic carbocycles. The van der Waals surface area contributed by atoms with E-state index in [9.17, 15) is 29.1 Å². The number of esters is 3. The Labute approximate surface area is 186 Å².